The van der Waals surface area contributed by atoms with Crippen molar-refractivity contribution >= 4 is 19.5 Å². The van der Waals surface area contributed by atoms with Crippen LogP contribution in [0.2, 0.25) is 0 Å². The summed E-state index contributed by atoms with van der Waals surface area (Å²) in [6, 6.07) is 8.21. The van der Waals surface area contributed by atoms with Crippen molar-refractivity contribution in [1.82, 2.24) is 4.48 Å². The van der Waals surface area contributed by atoms with Gasteiger partial charge in [0.05, 0.1) is 39.0 Å². The molecule has 0 aromatic heterocycles. The summed E-state index contributed by atoms with van der Waals surface area (Å²) in [6.45, 7) is 9.19. The number of unbranched alkanes of at least 4 members (excludes halogenated alkanes) is 13. The molecule has 0 amide bonds. The summed E-state index contributed by atoms with van der Waals surface area (Å²) in [4.78, 5) is 22.1. The van der Waals surface area contributed by atoms with Crippen molar-refractivity contribution in [2.75, 3.05) is 39.5 Å². The Balaban J connectivity index is 1.28. The number of phosphoric acid groups is 1. The molecule has 258 valence electrons. The molecule has 8 nitrogen and oxygen atoms in total. The number of fused-ring (bicyclic) bond motifs is 3. The molecule has 2 bridgehead atoms. The Kier molecular flexibility index (Phi) is 17.7. The van der Waals surface area contributed by atoms with Gasteiger partial charge in [-0.25, -0.2) is 4.57 Å². The zero-order chi connectivity index (χ0) is 32.4. The van der Waals surface area contributed by atoms with E-state index in [1.54, 1.807) is 6.92 Å². The van der Waals surface area contributed by atoms with Crippen molar-refractivity contribution < 1.29 is 32.8 Å². The fraction of sp³-hybridized carbons (Fsp3) is 0.806. The molecule has 3 atom stereocenters. The normalized spacial score (nSPS) is 22.2. The molecule has 1 N–H and O–H groups in total. The van der Waals surface area contributed by atoms with Gasteiger partial charge in [0, 0.05) is 38.9 Å². The van der Waals surface area contributed by atoms with Crippen molar-refractivity contribution in [3.8, 4) is 0 Å². The maximum atomic E-state index is 12.8. The number of benzene rings is 1. The van der Waals surface area contributed by atoms with Gasteiger partial charge in [0.2, 0.25) is 0 Å². The summed E-state index contributed by atoms with van der Waals surface area (Å²) in [6.07, 6.45) is 20.5. The predicted molar refractivity (Wildman–Crippen MR) is 182 cm³/mol. The van der Waals surface area contributed by atoms with Gasteiger partial charge in [0.15, 0.2) is 0 Å². The summed E-state index contributed by atoms with van der Waals surface area (Å²) in [5.74, 6) is 0.384. The zero-order valence-corrected chi connectivity index (χ0v) is 29.5. The van der Waals surface area contributed by atoms with E-state index in [2.05, 4.69) is 19.1 Å². The van der Waals surface area contributed by atoms with Gasteiger partial charge in [0.1, 0.15) is 11.8 Å². The Hall–Kier alpha value is -1.28. The number of nitrogens with zero attached hydrogens (tertiary/aromatic N) is 1. The fourth-order valence-electron chi connectivity index (χ4n) is 6.95. The molecule has 45 heavy (non-hydrogen) atoms. The molecule has 0 spiro atoms. The van der Waals surface area contributed by atoms with Gasteiger partial charge >= 0.3 is 13.8 Å². The molecule has 9 heteroatoms. The Morgan fingerprint density at radius 1 is 0.889 bits per heavy atom. The number of carbonyl (C=O) groups excluding carboxylic acids is 1. The average molecular weight is 653 g/mol. The minimum Gasteiger partial charge on any atom is -0.458 e. The molecular weight excluding hydrogens is 589 g/mol. The Labute approximate surface area is 273 Å². The first-order chi connectivity index (χ1) is 21.7. The molecule has 3 saturated heterocycles. The number of hydrogen-bond acceptors (Lipinski definition) is 6. The van der Waals surface area contributed by atoms with Crippen LogP contribution in [0.1, 0.15) is 142 Å². The molecule has 3 fully saturated rings. The second-order valence-corrected chi connectivity index (χ2v) is 15.0. The van der Waals surface area contributed by atoms with Gasteiger partial charge < -0.3 is 14.4 Å². The highest BCUT2D eigenvalue weighted by Gasteiger charge is 2.41. The minimum atomic E-state index is -4.40. The zero-order valence-electron chi connectivity index (χ0n) is 28.6. The fourth-order valence-corrected chi connectivity index (χ4v) is 7.89. The minimum absolute atomic E-state index is 0.108. The summed E-state index contributed by atoms with van der Waals surface area (Å²) in [5.41, 5.74) is 2.10. The van der Waals surface area contributed by atoms with Crippen molar-refractivity contribution in [3.63, 3.8) is 0 Å². The van der Waals surface area contributed by atoms with Gasteiger partial charge in [-0.05, 0) is 30.9 Å². The van der Waals surface area contributed by atoms with Crippen LogP contribution in [0.4, 0.5) is 5.69 Å². The number of hydrogen-bond donors (Lipinski definition) is 1. The highest BCUT2D eigenvalue weighted by atomic mass is 31.2. The lowest BCUT2D eigenvalue weighted by Gasteiger charge is -2.48. The van der Waals surface area contributed by atoms with E-state index in [1.807, 2.05) is 12.1 Å². The SMILES string of the molecule is CCCCCCCCCCCCCCCCOCC(COP(=O)(O)OC(C)c1cccc([N+]23CCC(CC2)CC3)c1)OC(C)=O. The van der Waals surface area contributed by atoms with E-state index in [4.69, 9.17) is 18.5 Å². The van der Waals surface area contributed by atoms with Crippen LogP contribution < -0.4 is 4.48 Å². The van der Waals surface area contributed by atoms with Crippen LogP contribution in [0, 0.1) is 5.92 Å². The first-order valence-electron chi connectivity index (χ1n) is 18.1. The third-order valence-corrected chi connectivity index (χ3v) is 10.8. The van der Waals surface area contributed by atoms with Gasteiger partial charge in [-0.15, -0.1) is 0 Å². The van der Waals surface area contributed by atoms with E-state index in [0.717, 1.165) is 48.4 Å². The first-order valence-corrected chi connectivity index (χ1v) is 19.6. The lowest BCUT2D eigenvalue weighted by molar-refractivity contribution is -0.151. The monoisotopic (exact) mass is 652 g/mol. The average Bonchev–Trinajstić information content (AvgIpc) is 3.04. The van der Waals surface area contributed by atoms with E-state index in [-0.39, 0.29) is 13.2 Å². The second kappa shape index (κ2) is 20.8. The molecule has 0 saturated carbocycles. The number of esters is 1. The maximum Gasteiger partial charge on any atom is 0.472 e. The Morgan fingerprint density at radius 3 is 2.00 bits per heavy atom. The second-order valence-electron chi connectivity index (χ2n) is 13.6. The molecule has 3 aliphatic rings. The molecule has 0 aliphatic carbocycles. The van der Waals surface area contributed by atoms with Crippen LogP contribution in [0.3, 0.4) is 0 Å². The van der Waals surface area contributed by atoms with Crippen molar-refractivity contribution in [1.29, 1.82) is 0 Å². The number of piperidine rings is 3. The largest absolute Gasteiger partial charge is 0.472 e. The lowest BCUT2D eigenvalue weighted by Crippen LogP contribution is -2.59. The van der Waals surface area contributed by atoms with Crippen LogP contribution in [0.15, 0.2) is 24.3 Å². The number of ether oxygens (including phenoxy) is 2. The van der Waals surface area contributed by atoms with Crippen LogP contribution in [0.25, 0.3) is 0 Å². The maximum absolute atomic E-state index is 12.8. The lowest BCUT2D eigenvalue weighted by atomic mass is 9.85. The third-order valence-electron chi connectivity index (χ3n) is 9.78. The highest BCUT2D eigenvalue weighted by molar-refractivity contribution is 7.47. The summed E-state index contributed by atoms with van der Waals surface area (Å²) >= 11 is 0. The molecule has 4 rings (SSSR count). The van der Waals surface area contributed by atoms with Gasteiger partial charge in [-0.1, -0.05) is 103 Å². The van der Waals surface area contributed by atoms with Crippen molar-refractivity contribution in [2.45, 2.75) is 142 Å². The Morgan fingerprint density at radius 2 is 1.44 bits per heavy atom. The standard InChI is InChI=1S/C36H62NO7P/c1-4-5-6-7-8-9-10-11-12-13-14-15-16-17-27-41-29-36(43-32(3)38)30-42-45(39,40)44-31(2)34-19-18-20-35(28-34)37-24-21-33(22-25-37)23-26-37/h18-20,28,31,33,36H,4-17,21-27,29-30H2,1-3H3/p+1. The summed E-state index contributed by atoms with van der Waals surface area (Å²) in [5, 5.41) is 0. The van der Waals surface area contributed by atoms with Crippen molar-refractivity contribution in [3.05, 3.63) is 29.8 Å². The van der Waals surface area contributed by atoms with Crippen LogP contribution in [-0.4, -0.2) is 56.4 Å². The molecule has 3 heterocycles. The molecule has 1 aromatic carbocycles. The quantitative estimate of drug-likeness (QED) is 0.0487. The van der Waals surface area contributed by atoms with E-state index < -0.39 is 26.0 Å². The van der Waals surface area contributed by atoms with E-state index in [0.29, 0.717) is 6.61 Å². The topological polar surface area (TPSA) is 91.3 Å². The molecule has 0 radical (unpaired) electrons. The molecule has 3 aliphatic heterocycles. The van der Waals surface area contributed by atoms with E-state index in [9.17, 15) is 14.3 Å². The number of phosphoric ester groups is 1. The molecule has 1 aromatic rings. The number of carbonyl (C=O) groups is 1. The first kappa shape index (κ1) is 38.2. The third kappa shape index (κ3) is 14.6. The van der Waals surface area contributed by atoms with Crippen LogP contribution >= 0.6 is 7.82 Å². The van der Waals surface area contributed by atoms with Crippen LogP contribution in [-0.2, 0) is 27.9 Å². The van der Waals surface area contributed by atoms with E-state index >= 15 is 0 Å². The smallest absolute Gasteiger partial charge is 0.458 e. The molecule has 3 unspecified atom stereocenters. The van der Waals surface area contributed by atoms with Gasteiger partial charge in [-0.3, -0.25) is 18.3 Å². The van der Waals surface area contributed by atoms with Crippen LogP contribution in [0.5, 0.6) is 0 Å². The van der Waals surface area contributed by atoms with Gasteiger partial charge in [-0.2, -0.15) is 0 Å². The number of quaternary nitrogens is 1. The number of rotatable bonds is 25. The molecular formula is C36H63NO7P+. The predicted octanol–water partition coefficient (Wildman–Crippen LogP) is 9.43. The van der Waals surface area contributed by atoms with Gasteiger partial charge in [0.25, 0.3) is 0 Å². The summed E-state index contributed by atoms with van der Waals surface area (Å²) < 4.78 is 35.7. The van der Waals surface area contributed by atoms with Crippen molar-refractivity contribution in [2.24, 2.45) is 5.92 Å². The summed E-state index contributed by atoms with van der Waals surface area (Å²) in [7, 11) is -4.40. The Bertz CT molecular complexity index is 999. The highest BCUT2D eigenvalue weighted by Crippen LogP contribution is 2.48. The van der Waals surface area contributed by atoms with E-state index in [1.165, 1.54) is 109 Å².